The van der Waals surface area contributed by atoms with Crippen LogP contribution in [0.25, 0.3) is 0 Å². The summed E-state index contributed by atoms with van der Waals surface area (Å²) in [6.07, 6.45) is 6.59. The van der Waals surface area contributed by atoms with E-state index in [2.05, 4.69) is 26.7 Å². The van der Waals surface area contributed by atoms with Crippen molar-refractivity contribution in [3.63, 3.8) is 0 Å². The van der Waals surface area contributed by atoms with Crippen molar-refractivity contribution in [2.24, 2.45) is 5.92 Å². The molecule has 0 aromatic carbocycles. The zero-order valence-corrected chi connectivity index (χ0v) is 14.3. The van der Waals surface area contributed by atoms with Crippen LogP contribution < -0.4 is 10.6 Å². The van der Waals surface area contributed by atoms with Crippen LogP contribution in [0.5, 0.6) is 0 Å². The third-order valence-electron chi connectivity index (χ3n) is 5.32. The Kier molecular flexibility index (Phi) is 5.18. The van der Waals surface area contributed by atoms with Gasteiger partial charge in [0, 0.05) is 37.4 Å². The van der Waals surface area contributed by atoms with Gasteiger partial charge in [-0.3, -0.25) is 9.69 Å². The number of nitrogens with zero attached hydrogens (tertiary/aromatic N) is 4. The number of carboxylic acid groups (broad SMARTS) is 1. The molecule has 7 nitrogen and oxygen atoms in total. The lowest BCUT2D eigenvalue weighted by atomic mass is 9.94. The summed E-state index contributed by atoms with van der Waals surface area (Å²) in [7, 11) is 0. The van der Waals surface area contributed by atoms with Gasteiger partial charge in [-0.05, 0) is 38.6 Å². The summed E-state index contributed by atoms with van der Waals surface area (Å²) in [5.41, 5.74) is 6.90. The maximum absolute atomic E-state index is 11.3. The molecule has 2 aliphatic heterocycles. The molecule has 24 heavy (non-hydrogen) atoms. The van der Waals surface area contributed by atoms with E-state index in [1.807, 2.05) is 6.20 Å². The van der Waals surface area contributed by atoms with Crippen LogP contribution in [0.3, 0.4) is 0 Å². The molecule has 3 heterocycles. The minimum Gasteiger partial charge on any atom is -0.481 e. The number of nitrogen functional groups attached to an aromatic ring is 1. The molecule has 1 unspecified atom stereocenters. The average molecular weight is 333 g/mol. The molecule has 7 heteroatoms. The van der Waals surface area contributed by atoms with Crippen molar-refractivity contribution in [1.29, 1.82) is 0 Å². The number of likely N-dealkylation sites (tertiary alicyclic amines) is 1. The van der Waals surface area contributed by atoms with Gasteiger partial charge in [-0.2, -0.15) is 4.98 Å². The van der Waals surface area contributed by atoms with Crippen molar-refractivity contribution in [3.8, 4) is 0 Å². The van der Waals surface area contributed by atoms with Crippen molar-refractivity contribution in [2.45, 2.75) is 45.1 Å². The summed E-state index contributed by atoms with van der Waals surface area (Å²) in [5.74, 6) is 0.432. The van der Waals surface area contributed by atoms with Gasteiger partial charge >= 0.3 is 5.97 Å². The molecular weight excluding hydrogens is 306 g/mol. The minimum atomic E-state index is -0.652. The molecule has 0 saturated carbocycles. The summed E-state index contributed by atoms with van der Waals surface area (Å²) in [6, 6.07) is 0.479. The Morgan fingerprint density at radius 3 is 2.75 bits per heavy atom. The summed E-state index contributed by atoms with van der Waals surface area (Å²) in [4.78, 5) is 24.5. The number of aliphatic carboxylic acids is 1. The molecule has 0 aliphatic carbocycles. The average Bonchev–Trinajstić information content (AvgIpc) is 2.62. The normalized spacial score (nSPS) is 23.4. The fraction of sp³-hybridized carbons (Fsp3) is 0.706. The Balaban J connectivity index is 1.62. The topological polar surface area (TPSA) is 95.6 Å². The van der Waals surface area contributed by atoms with E-state index in [4.69, 9.17) is 5.73 Å². The van der Waals surface area contributed by atoms with Gasteiger partial charge in [0.15, 0.2) is 0 Å². The van der Waals surface area contributed by atoms with Crippen molar-refractivity contribution in [1.82, 2.24) is 14.9 Å². The van der Waals surface area contributed by atoms with Crippen molar-refractivity contribution >= 4 is 17.7 Å². The van der Waals surface area contributed by atoms with Gasteiger partial charge in [0.2, 0.25) is 5.95 Å². The molecule has 0 bridgehead atoms. The first-order chi connectivity index (χ1) is 11.6. The SMILES string of the molecule is CCc1cnc(N)nc1N1CCC(N2CCCC(C(=O)O)C2)CC1. The standard InChI is InChI=1S/C17H27N5O2/c1-2-12-10-19-17(18)20-15(12)21-8-5-14(6-9-21)22-7-3-4-13(11-22)16(23)24/h10,13-14H,2-9,11H2,1H3,(H,23,24)(H2,18,19,20). The van der Waals surface area contributed by atoms with E-state index in [9.17, 15) is 9.90 Å². The first kappa shape index (κ1) is 17.0. The van der Waals surface area contributed by atoms with Crippen molar-refractivity contribution < 1.29 is 9.90 Å². The van der Waals surface area contributed by atoms with Crippen LogP contribution in [0.2, 0.25) is 0 Å². The van der Waals surface area contributed by atoms with E-state index in [1.165, 1.54) is 0 Å². The fourth-order valence-corrected chi connectivity index (χ4v) is 3.92. The van der Waals surface area contributed by atoms with E-state index in [-0.39, 0.29) is 5.92 Å². The number of carboxylic acids is 1. The monoisotopic (exact) mass is 333 g/mol. The number of aromatic nitrogens is 2. The summed E-state index contributed by atoms with van der Waals surface area (Å²) in [5, 5.41) is 9.27. The molecule has 2 aliphatic rings. The summed E-state index contributed by atoms with van der Waals surface area (Å²) >= 11 is 0. The fourth-order valence-electron chi connectivity index (χ4n) is 3.92. The largest absolute Gasteiger partial charge is 0.481 e. The van der Waals surface area contributed by atoms with Gasteiger partial charge in [0.1, 0.15) is 5.82 Å². The van der Waals surface area contributed by atoms with Crippen LogP contribution in [-0.4, -0.2) is 58.2 Å². The van der Waals surface area contributed by atoms with Crippen LogP contribution >= 0.6 is 0 Å². The Hall–Kier alpha value is -1.89. The predicted molar refractivity (Wildman–Crippen MR) is 93.0 cm³/mol. The number of carbonyl (C=O) groups is 1. The van der Waals surface area contributed by atoms with Gasteiger partial charge in [0.25, 0.3) is 0 Å². The van der Waals surface area contributed by atoms with E-state index in [0.29, 0.717) is 18.5 Å². The molecule has 1 atom stereocenters. The van der Waals surface area contributed by atoms with Gasteiger partial charge in [-0.1, -0.05) is 6.92 Å². The number of hydrogen-bond donors (Lipinski definition) is 2. The van der Waals surface area contributed by atoms with E-state index in [1.54, 1.807) is 0 Å². The van der Waals surface area contributed by atoms with Crippen LogP contribution in [0, 0.1) is 5.92 Å². The minimum absolute atomic E-state index is 0.204. The number of hydrogen-bond acceptors (Lipinski definition) is 6. The van der Waals surface area contributed by atoms with Crippen molar-refractivity contribution in [3.05, 3.63) is 11.8 Å². The molecule has 3 rings (SSSR count). The number of piperidine rings is 2. The Morgan fingerprint density at radius 1 is 1.33 bits per heavy atom. The van der Waals surface area contributed by atoms with E-state index < -0.39 is 5.97 Å². The third-order valence-corrected chi connectivity index (χ3v) is 5.32. The summed E-state index contributed by atoms with van der Waals surface area (Å²) < 4.78 is 0. The van der Waals surface area contributed by atoms with E-state index in [0.717, 1.165) is 63.1 Å². The molecule has 0 amide bonds. The quantitative estimate of drug-likeness (QED) is 0.859. The second-order valence-electron chi connectivity index (χ2n) is 6.82. The smallest absolute Gasteiger partial charge is 0.307 e. The highest BCUT2D eigenvalue weighted by Crippen LogP contribution is 2.27. The molecule has 1 aromatic heterocycles. The molecule has 2 saturated heterocycles. The van der Waals surface area contributed by atoms with Crippen LogP contribution in [0.4, 0.5) is 11.8 Å². The number of anilines is 2. The maximum atomic E-state index is 11.3. The van der Waals surface area contributed by atoms with Gasteiger partial charge in [0.05, 0.1) is 5.92 Å². The Morgan fingerprint density at radius 2 is 2.08 bits per heavy atom. The van der Waals surface area contributed by atoms with Crippen LogP contribution in [0.15, 0.2) is 6.20 Å². The molecule has 2 fully saturated rings. The first-order valence-electron chi connectivity index (χ1n) is 8.91. The lowest BCUT2D eigenvalue weighted by molar-refractivity contribution is -0.144. The second kappa shape index (κ2) is 7.34. The highest BCUT2D eigenvalue weighted by atomic mass is 16.4. The zero-order valence-electron chi connectivity index (χ0n) is 14.3. The van der Waals surface area contributed by atoms with Gasteiger partial charge in [-0.15, -0.1) is 0 Å². The van der Waals surface area contributed by atoms with Crippen LogP contribution in [-0.2, 0) is 11.2 Å². The van der Waals surface area contributed by atoms with E-state index >= 15 is 0 Å². The lowest BCUT2D eigenvalue weighted by Crippen LogP contribution is -2.49. The first-order valence-corrected chi connectivity index (χ1v) is 8.91. The third kappa shape index (κ3) is 3.61. The second-order valence-corrected chi connectivity index (χ2v) is 6.82. The Labute approximate surface area is 142 Å². The summed E-state index contributed by atoms with van der Waals surface area (Å²) in [6.45, 7) is 5.69. The molecule has 132 valence electrons. The molecule has 0 radical (unpaired) electrons. The highest BCUT2D eigenvalue weighted by Gasteiger charge is 2.32. The van der Waals surface area contributed by atoms with Gasteiger partial charge in [-0.25, -0.2) is 4.98 Å². The van der Waals surface area contributed by atoms with Gasteiger partial charge < -0.3 is 15.7 Å². The molecule has 1 aromatic rings. The Bertz CT molecular complexity index is 586. The number of nitrogens with two attached hydrogens (primary N) is 1. The zero-order chi connectivity index (χ0) is 17.1. The number of aryl methyl sites for hydroxylation is 1. The maximum Gasteiger partial charge on any atom is 0.307 e. The lowest BCUT2D eigenvalue weighted by Gasteiger charge is -2.42. The number of rotatable bonds is 4. The van der Waals surface area contributed by atoms with Crippen LogP contribution in [0.1, 0.15) is 38.2 Å². The molecule has 3 N–H and O–H groups in total. The predicted octanol–water partition coefficient (Wildman–Crippen LogP) is 1.39. The molecule has 0 spiro atoms. The molecular formula is C17H27N5O2. The highest BCUT2D eigenvalue weighted by molar-refractivity contribution is 5.70. The van der Waals surface area contributed by atoms with Crippen molar-refractivity contribution in [2.75, 3.05) is 36.8 Å².